The summed E-state index contributed by atoms with van der Waals surface area (Å²) in [5.74, 6) is 0.988. The lowest BCUT2D eigenvalue weighted by Gasteiger charge is -2.43. The molecular formula is C53H57N5O8. The molecular weight excluding hydrogens is 835 g/mol. The molecule has 4 fully saturated rings. The van der Waals surface area contributed by atoms with Crippen LogP contribution in [0.25, 0.3) is 10.9 Å². The molecule has 13 nitrogen and oxygen atoms in total. The fourth-order valence-corrected chi connectivity index (χ4v) is 9.50. The monoisotopic (exact) mass is 891 g/mol. The van der Waals surface area contributed by atoms with Crippen molar-refractivity contribution in [2.24, 2.45) is 11.8 Å². The van der Waals surface area contributed by atoms with E-state index in [1.54, 1.807) is 24.3 Å². The average molecular weight is 892 g/mol. The Labute approximate surface area is 384 Å². The summed E-state index contributed by atoms with van der Waals surface area (Å²) in [6.07, 6.45) is 2.64. The van der Waals surface area contributed by atoms with Crippen LogP contribution in [0.5, 0.6) is 11.5 Å². The largest absolute Gasteiger partial charge is 0.506 e. The summed E-state index contributed by atoms with van der Waals surface area (Å²) < 4.78 is 18.0. The zero-order valence-corrected chi connectivity index (χ0v) is 36.9. The number of anilines is 1. The second-order valence-corrected chi connectivity index (χ2v) is 17.8. The Balaban J connectivity index is 0.702. The summed E-state index contributed by atoms with van der Waals surface area (Å²) in [4.78, 5) is 45.4. The SMILES string of the molecule is O=C(N[C@@H](c1ccccc1)c1cccc(OCc2ccc(C(=O)OCC3CCN(c4ccc(CNC[C@H](O)c5ccc(O)c6[nH]c(=O)ccc56)cc4)CC3)cc2)c1)O[C@H]1CN2CCC1CC2. The lowest BCUT2D eigenvalue weighted by Crippen LogP contribution is -2.52. The normalized spacial score (nSPS) is 19.2. The van der Waals surface area contributed by atoms with Gasteiger partial charge in [0.15, 0.2) is 0 Å². The smallest absolute Gasteiger partial charge is 0.408 e. The van der Waals surface area contributed by atoms with Crippen LogP contribution in [0, 0.1) is 11.8 Å². The second kappa shape index (κ2) is 20.7. The first-order valence-electron chi connectivity index (χ1n) is 23.0. The number of ether oxygens (including phenoxy) is 3. The number of benzene rings is 5. The molecule has 342 valence electrons. The third kappa shape index (κ3) is 10.9. The van der Waals surface area contributed by atoms with Crippen LogP contribution in [-0.2, 0) is 22.6 Å². The van der Waals surface area contributed by atoms with Crippen LogP contribution in [-0.4, -0.2) is 84.1 Å². The van der Waals surface area contributed by atoms with E-state index >= 15 is 0 Å². The van der Waals surface area contributed by atoms with Gasteiger partial charge in [0.05, 0.1) is 29.8 Å². The minimum atomic E-state index is -0.828. The van der Waals surface area contributed by atoms with Crippen LogP contribution in [0.1, 0.15) is 76.0 Å². The molecule has 5 N–H and O–H groups in total. The van der Waals surface area contributed by atoms with Crippen molar-refractivity contribution in [3.05, 3.63) is 171 Å². The zero-order chi connectivity index (χ0) is 45.4. The van der Waals surface area contributed by atoms with Crippen molar-refractivity contribution in [3.8, 4) is 11.5 Å². The molecule has 6 aromatic rings. The molecule has 3 atom stereocenters. The molecule has 5 heterocycles. The van der Waals surface area contributed by atoms with Gasteiger partial charge in [0.2, 0.25) is 5.56 Å². The van der Waals surface area contributed by atoms with E-state index in [2.05, 4.69) is 49.7 Å². The van der Waals surface area contributed by atoms with Gasteiger partial charge in [-0.2, -0.15) is 0 Å². The van der Waals surface area contributed by atoms with Crippen molar-refractivity contribution in [3.63, 3.8) is 0 Å². The number of aliphatic hydroxyl groups excluding tert-OH is 1. The van der Waals surface area contributed by atoms with Crippen LogP contribution < -0.4 is 25.8 Å². The maximum atomic E-state index is 13.3. The summed E-state index contributed by atoms with van der Waals surface area (Å²) in [6, 6.07) is 39.1. The van der Waals surface area contributed by atoms with Crippen LogP contribution in [0.4, 0.5) is 10.5 Å². The van der Waals surface area contributed by atoms with Crippen LogP contribution in [0.15, 0.2) is 132 Å². The lowest BCUT2D eigenvalue weighted by atomic mass is 9.86. The number of fused-ring (bicyclic) bond motifs is 4. The van der Waals surface area contributed by atoms with Crippen molar-refractivity contribution in [2.75, 3.05) is 50.8 Å². The van der Waals surface area contributed by atoms with Crippen LogP contribution in [0.3, 0.4) is 0 Å². The number of rotatable bonds is 16. The van der Waals surface area contributed by atoms with Gasteiger partial charge >= 0.3 is 12.1 Å². The summed E-state index contributed by atoms with van der Waals surface area (Å²) in [5, 5.41) is 28.1. The van der Waals surface area contributed by atoms with Crippen molar-refractivity contribution in [2.45, 2.75) is 57.1 Å². The van der Waals surface area contributed by atoms with E-state index in [9.17, 15) is 24.6 Å². The van der Waals surface area contributed by atoms with Gasteiger partial charge in [0, 0.05) is 49.9 Å². The number of H-pyrrole nitrogens is 1. The van der Waals surface area contributed by atoms with Crippen molar-refractivity contribution < 1.29 is 34.0 Å². The molecule has 5 aromatic carbocycles. The fourth-order valence-electron chi connectivity index (χ4n) is 9.50. The topological polar surface area (TPSA) is 166 Å². The molecule has 2 bridgehead atoms. The first kappa shape index (κ1) is 44.5. The molecule has 4 aliphatic rings. The highest BCUT2D eigenvalue weighted by molar-refractivity contribution is 5.89. The highest BCUT2D eigenvalue weighted by atomic mass is 16.6. The van der Waals surface area contributed by atoms with E-state index in [0.29, 0.717) is 60.0 Å². The minimum absolute atomic E-state index is 0.0375. The number of phenolic OH excluding ortho intramolecular Hbond substituents is 1. The van der Waals surface area contributed by atoms with Gasteiger partial charge in [0.1, 0.15) is 24.2 Å². The number of aromatic nitrogens is 1. The number of hydrogen-bond acceptors (Lipinski definition) is 11. The van der Waals surface area contributed by atoms with Gasteiger partial charge < -0.3 is 44.9 Å². The van der Waals surface area contributed by atoms with Gasteiger partial charge in [0.25, 0.3) is 0 Å². The zero-order valence-electron chi connectivity index (χ0n) is 36.9. The summed E-state index contributed by atoms with van der Waals surface area (Å²) in [7, 11) is 0. The minimum Gasteiger partial charge on any atom is -0.506 e. The number of hydrogen-bond donors (Lipinski definition) is 5. The van der Waals surface area contributed by atoms with Crippen molar-refractivity contribution in [1.82, 2.24) is 20.5 Å². The Bertz CT molecular complexity index is 2640. The number of piperidine rings is 4. The maximum Gasteiger partial charge on any atom is 0.408 e. The second-order valence-electron chi connectivity index (χ2n) is 17.8. The standard InChI is InChI=1S/C53H57N5O8/c59-46-19-17-44(45-18-20-49(61)55-51(45)46)47(60)31-54-30-35-11-15-42(16-12-35)58-27-21-37(22-28-58)34-65-52(62)40-13-9-36(10-14-40)33-64-43-8-4-7-41(29-43)50(39-5-2-1-3-6-39)56-53(63)66-48-32-57-25-23-38(48)24-26-57/h1-20,29,37-38,47-48,50,54,59-60H,21-28,30-34H2,(H,55,61)(H,56,63)/t47-,48-,50-/m0/s1. The number of pyridine rings is 1. The van der Waals surface area contributed by atoms with Crippen molar-refractivity contribution >= 4 is 28.7 Å². The number of carbonyl (C=O) groups excluding carboxylic acids is 2. The number of aromatic amines is 1. The Morgan fingerprint density at radius 1 is 0.788 bits per heavy atom. The number of amides is 1. The average Bonchev–Trinajstić information content (AvgIpc) is 3.36. The molecule has 66 heavy (non-hydrogen) atoms. The Hall–Kier alpha value is -6.67. The van der Waals surface area contributed by atoms with E-state index in [-0.39, 0.29) is 29.3 Å². The molecule has 0 spiro atoms. The van der Waals surface area contributed by atoms with E-state index in [1.807, 2.05) is 66.7 Å². The van der Waals surface area contributed by atoms with Gasteiger partial charge in [-0.1, -0.05) is 72.8 Å². The molecule has 13 heteroatoms. The van der Waals surface area contributed by atoms with Crippen molar-refractivity contribution in [1.29, 1.82) is 0 Å². The number of aliphatic hydroxyl groups is 1. The molecule has 4 saturated heterocycles. The third-order valence-corrected chi connectivity index (χ3v) is 13.3. The highest BCUT2D eigenvalue weighted by Crippen LogP contribution is 2.32. The van der Waals surface area contributed by atoms with Crippen LogP contribution >= 0.6 is 0 Å². The molecule has 0 radical (unpaired) electrons. The number of nitrogens with one attached hydrogen (secondary N) is 3. The highest BCUT2D eigenvalue weighted by Gasteiger charge is 2.37. The van der Waals surface area contributed by atoms with Crippen LogP contribution in [0.2, 0.25) is 0 Å². The number of phenols is 1. The number of carbonyl (C=O) groups is 2. The predicted molar refractivity (Wildman–Crippen MR) is 253 cm³/mol. The maximum absolute atomic E-state index is 13.3. The molecule has 0 saturated carbocycles. The van der Waals surface area contributed by atoms with E-state index in [0.717, 1.165) is 86.3 Å². The summed E-state index contributed by atoms with van der Waals surface area (Å²) >= 11 is 0. The molecule has 0 unspecified atom stereocenters. The Morgan fingerprint density at radius 2 is 1.53 bits per heavy atom. The summed E-state index contributed by atoms with van der Waals surface area (Å²) in [5.41, 5.74) is 6.07. The van der Waals surface area contributed by atoms with Gasteiger partial charge in [-0.3, -0.25) is 9.69 Å². The Kier molecular flexibility index (Phi) is 13.9. The van der Waals surface area contributed by atoms with E-state index < -0.39 is 18.2 Å². The summed E-state index contributed by atoms with van der Waals surface area (Å²) in [6.45, 7) is 6.23. The lowest BCUT2D eigenvalue weighted by molar-refractivity contribution is -0.0336. The van der Waals surface area contributed by atoms with E-state index in [4.69, 9.17) is 14.2 Å². The first-order valence-corrected chi connectivity index (χ1v) is 23.0. The molecule has 1 aromatic heterocycles. The fraction of sp³-hybridized carbons (Fsp3) is 0.340. The van der Waals surface area contributed by atoms with Gasteiger partial charge in [-0.15, -0.1) is 0 Å². The first-order chi connectivity index (χ1) is 32.2. The van der Waals surface area contributed by atoms with Gasteiger partial charge in [-0.05, 0) is 127 Å². The predicted octanol–water partition coefficient (Wildman–Crippen LogP) is 7.62. The molecule has 1 amide bonds. The third-order valence-electron chi connectivity index (χ3n) is 13.3. The van der Waals surface area contributed by atoms with Gasteiger partial charge in [-0.25, -0.2) is 9.59 Å². The number of nitrogens with zero attached hydrogens (tertiary/aromatic N) is 2. The number of aromatic hydroxyl groups is 1. The molecule has 10 rings (SSSR count). The number of alkyl carbamates (subject to hydrolysis) is 1. The number of esters is 1. The quantitative estimate of drug-likeness (QED) is 0.0608. The van der Waals surface area contributed by atoms with E-state index in [1.165, 1.54) is 12.1 Å². The molecule has 4 aliphatic heterocycles. The molecule has 0 aliphatic carbocycles. The Morgan fingerprint density at radius 3 is 2.27 bits per heavy atom.